The highest BCUT2D eigenvalue weighted by Crippen LogP contribution is 2.28. The highest BCUT2D eigenvalue weighted by Gasteiger charge is 2.21. The number of carbonyl (C=O) groups is 1. The third kappa shape index (κ3) is 3.94. The molecule has 0 aliphatic rings. The topological polar surface area (TPSA) is 47.8 Å². The first-order chi connectivity index (χ1) is 12.0. The first-order valence-electron chi connectivity index (χ1n) is 7.91. The standard InChI is InChI=1S/C19H18ClN3OS/c1-12-6-4-9-17(10-12)23-14(3)21-22-19(23)25-13(2)18(24)15-7-5-8-16(20)11-15/h4-11,13H,1-3H3. The lowest BCUT2D eigenvalue weighted by molar-refractivity contribution is 0.0994. The van der Waals surface area contributed by atoms with Gasteiger partial charge in [0, 0.05) is 16.3 Å². The van der Waals surface area contributed by atoms with Crippen LogP contribution in [-0.4, -0.2) is 25.8 Å². The van der Waals surface area contributed by atoms with E-state index in [2.05, 4.69) is 16.3 Å². The fourth-order valence-corrected chi connectivity index (χ4v) is 3.75. The summed E-state index contributed by atoms with van der Waals surface area (Å²) in [5.41, 5.74) is 2.75. The summed E-state index contributed by atoms with van der Waals surface area (Å²) in [4.78, 5) is 12.7. The average Bonchev–Trinajstić information content (AvgIpc) is 2.94. The van der Waals surface area contributed by atoms with Gasteiger partial charge in [-0.25, -0.2) is 0 Å². The zero-order valence-electron chi connectivity index (χ0n) is 14.2. The molecule has 1 atom stereocenters. The van der Waals surface area contributed by atoms with E-state index in [1.807, 2.05) is 43.5 Å². The minimum Gasteiger partial charge on any atom is -0.293 e. The maximum absolute atomic E-state index is 12.7. The van der Waals surface area contributed by atoms with E-state index >= 15 is 0 Å². The molecule has 0 saturated heterocycles. The smallest absolute Gasteiger partial charge is 0.196 e. The van der Waals surface area contributed by atoms with Gasteiger partial charge in [0.2, 0.25) is 0 Å². The molecular weight excluding hydrogens is 354 g/mol. The van der Waals surface area contributed by atoms with Gasteiger partial charge in [0.1, 0.15) is 5.82 Å². The molecule has 0 spiro atoms. The van der Waals surface area contributed by atoms with Crippen molar-refractivity contribution in [2.24, 2.45) is 0 Å². The van der Waals surface area contributed by atoms with Gasteiger partial charge in [-0.05, 0) is 50.6 Å². The Kier molecular flexibility index (Phi) is 5.25. The van der Waals surface area contributed by atoms with Gasteiger partial charge >= 0.3 is 0 Å². The zero-order chi connectivity index (χ0) is 18.0. The Morgan fingerprint density at radius 2 is 1.88 bits per heavy atom. The normalized spacial score (nSPS) is 12.2. The van der Waals surface area contributed by atoms with Gasteiger partial charge in [-0.3, -0.25) is 9.36 Å². The average molecular weight is 372 g/mol. The summed E-state index contributed by atoms with van der Waals surface area (Å²) in [6, 6.07) is 15.1. The van der Waals surface area contributed by atoms with Crippen molar-refractivity contribution in [1.29, 1.82) is 0 Å². The molecule has 1 unspecified atom stereocenters. The lowest BCUT2D eigenvalue weighted by Crippen LogP contribution is -2.14. The molecule has 0 bridgehead atoms. The highest BCUT2D eigenvalue weighted by atomic mass is 35.5. The predicted molar refractivity (Wildman–Crippen MR) is 102 cm³/mol. The Hall–Kier alpha value is -2.11. The van der Waals surface area contributed by atoms with E-state index in [1.54, 1.807) is 24.3 Å². The van der Waals surface area contributed by atoms with Crippen LogP contribution in [0.1, 0.15) is 28.7 Å². The van der Waals surface area contributed by atoms with Crippen LogP contribution in [0.3, 0.4) is 0 Å². The quantitative estimate of drug-likeness (QED) is 0.472. The van der Waals surface area contributed by atoms with Crippen molar-refractivity contribution < 1.29 is 4.79 Å². The summed E-state index contributed by atoms with van der Waals surface area (Å²) in [7, 11) is 0. The Bertz CT molecular complexity index is 923. The Balaban J connectivity index is 1.87. The minimum atomic E-state index is -0.300. The molecule has 128 valence electrons. The van der Waals surface area contributed by atoms with Crippen molar-refractivity contribution in [3.8, 4) is 5.69 Å². The molecule has 0 saturated carbocycles. The minimum absolute atomic E-state index is 0.0175. The molecule has 4 nitrogen and oxygen atoms in total. The summed E-state index contributed by atoms with van der Waals surface area (Å²) in [6.45, 7) is 5.82. The highest BCUT2D eigenvalue weighted by molar-refractivity contribution is 8.00. The third-order valence-corrected chi connectivity index (χ3v) is 5.09. The number of aryl methyl sites for hydroxylation is 2. The molecule has 0 radical (unpaired) electrons. The number of aromatic nitrogens is 3. The van der Waals surface area contributed by atoms with Gasteiger partial charge in [-0.1, -0.05) is 47.6 Å². The summed E-state index contributed by atoms with van der Waals surface area (Å²) in [5, 5.41) is 9.39. The first kappa shape index (κ1) is 17.7. The number of ketones is 1. The van der Waals surface area contributed by atoms with Gasteiger partial charge in [0.05, 0.1) is 5.25 Å². The van der Waals surface area contributed by atoms with E-state index in [1.165, 1.54) is 11.8 Å². The van der Waals surface area contributed by atoms with Crippen molar-refractivity contribution in [1.82, 2.24) is 14.8 Å². The number of rotatable bonds is 5. The third-order valence-electron chi connectivity index (χ3n) is 3.82. The fourth-order valence-electron chi connectivity index (χ4n) is 2.57. The Morgan fingerprint density at radius 1 is 1.12 bits per heavy atom. The molecule has 1 heterocycles. The fraction of sp³-hybridized carbons (Fsp3) is 0.211. The molecule has 0 aliphatic carbocycles. The van der Waals surface area contributed by atoms with E-state index in [0.717, 1.165) is 17.1 Å². The second-order valence-electron chi connectivity index (χ2n) is 5.84. The maximum Gasteiger partial charge on any atom is 0.196 e. The van der Waals surface area contributed by atoms with Crippen molar-refractivity contribution in [3.63, 3.8) is 0 Å². The van der Waals surface area contributed by atoms with Crippen LogP contribution in [0.2, 0.25) is 5.02 Å². The van der Waals surface area contributed by atoms with Crippen molar-refractivity contribution in [3.05, 3.63) is 70.5 Å². The van der Waals surface area contributed by atoms with Crippen LogP contribution >= 0.6 is 23.4 Å². The molecule has 0 fully saturated rings. The van der Waals surface area contributed by atoms with Crippen molar-refractivity contribution >= 4 is 29.1 Å². The molecule has 0 amide bonds. The summed E-state index contributed by atoms with van der Waals surface area (Å²) >= 11 is 7.39. The van der Waals surface area contributed by atoms with Crippen molar-refractivity contribution in [2.75, 3.05) is 0 Å². The molecule has 0 N–H and O–H groups in total. The summed E-state index contributed by atoms with van der Waals surface area (Å²) < 4.78 is 1.97. The Morgan fingerprint density at radius 3 is 2.60 bits per heavy atom. The van der Waals surface area contributed by atoms with Gasteiger partial charge in [0.15, 0.2) is 10.9 Å². The van der Waals surface area contributed by atoms with Crippen LogP contribution < -0.4 is 0 Å². The van der Waals surface area contributed by atoms with E-state index in [0.29, 0.717) is 15.7 Å². The molecule has 3 rings (SSSR count). The lowest BCUT2D eigenvalue weighted by atomic mass is 10.1. The first-order valence-corrected chi connectivity index (χ1v) is 9.17. The van der Waals surface area contributed by atoms with Crippen LogP contribution in [0, 0.1) is 13.8 Å². The van der Waals surface area contributed by atoms with Crippen LogP contribution in [-0.2, 0) is 0 Å². The molecule has 6 heteroatoms. The molecule has 0 aliphatic heterocycles. The maximum atomic E-state index is 12.7. The molecule has 1 aromatic heterocycles. The number of thioether (sulfide) groups is 1. The van der Waals surface area contributed by atoms with Crippen LogP contribution in [0.4, 0.5) is 0 Å². The second-order valence-corrected chi connectivity index (χ2v) is 7.58. The number of halogens is 1. The molecular formula is C19H18ClN3OS. The number of Topliss-reactive ketones (excluding diaryl/α,β-unsaturated/α-hetero) is 1. The lowest BCUT2D eigenvalue weighted by Gasteiger charge is -2.13. The van der Waals surface area contributed by atoms with Gasteiger partial charge < -0.3 is 0 Å². The van der Waals surface area contributed by atoms with Crippen LogP contribution in [0.25, 0.3) is 5.69 Å². The molecule has 2 aromatic carbocycles. The number of hydrogen-bond donors (Lipinski definition) is 0. The second kappa shape index (κ2) is 7.42. The monoisotopic (exact) mass is 371 g/mol. The van der Waals surface area contributed by atoms with Crippen LogP contribution in [0.15, 0.2) is 53.7 Å². The van der Waals surface area contributed by atoms with E-state index < -0.39 is 0 Å². The van der Waals surface area contributed by atoms with E-state index in [9.17, 15) is 4.79 Å². The largest absolute Gasteiger partial charge is 0.293 e. The molecule has 3 aromatic rings. The predicted octanol–water partition coefficient (Wildman–Crippen LogP) is 4.90. The van der Waals surface area contributed by atoms with Gasteiger partial charge in [0.25, 0.3) is 0 Å². The SMILES string of the molecule is Cc1cccc(-n2c(C)nnc2SC(C)C(=O)c2cccc(Cl)c2)c1. The van der Waals surface area contributed by atoms with Gasteiger partial charge in [-0.2, -0.15) is 0 Å². The number of carbonyl (C=O) groups excluding carboxylic acids is 1. The van der Waals surface area contributed by atoms with E-state index in [4.69, 9.17) is 11.6 Å². The number of nitrogens with zero attached hydrogens (tertiary/aromatic N) is 3. The summed E-state index contributed by atoms with van der Waals surface area (Å²) in [6.07, 6.45) is 0. The molecule has 25 heavy (non-hydrogen) atoms. The number of hydrogen-bond acceptors (Lipinski definition) is 4. The van der Waals surface area contributed by atoms with Crippen molar-refractivity contribution in [2.45, 2.75) is 31.2 Å². The number of benzene rings is 2. The summed E-state index contributed by atoms with van der Waals surface area (Å²) in [5.74, 6) is 0.805. The Labute approximate surface area is 156 Å². The van der Waals surface area contributed by atoms with E-state index in [-0.39, 0.29) is 11.0 Å². The zero-order valence-corrected chi connectivity index (χ0v) is 15.8. The van der Waals surface area contributed by atoms with Crippen LogP contribution in [0.5, 0.6) is 0 Å². The van der Waals surface area contributed by atoms with Gasteiger partial charge in [-0.15, -0.1) is 10.2 Å².